The van der Waals surface area contributed by atoms with E-state index in [1.807, 2.05) is 13.0 Å². The van der Waals surface area contributed by atoms with E-state index in [2.05, 4.69) is 56.7 Å². The van der Waals surface area contributed by atoms with Gasteiger partial charge in [0.25, 0.3) is 0 Å². The van der Waals surface area contributed by atoms with Crippen molar-refractivity contribution in [2.24, 2.45) is 0 Å². The van der Waals surface area contributed by atoms with Gasteiger partial charge >= 0.3 is 0 Å². The van der Waals surface area contributed by atoms with E-state index in [-0.39, 0.29) is 0 Å². The molecule has 0 saturated carbocycles. The Hall–Kier alpha value is -1.86. The Morgan fingerprint density at radius 3 is 2.36 bits per heavy atom. The smallest absolute Gasteiger partial charge is 0.162 e. The molecule has 7 heteroatoms. The summed E-state index contributed by atoms with van der Waals surface area (Å²) in [7, 11) is 0. The highest BCUT2D eigenvalue weighted by atomic mass is 79.9. The third-order valence-corrected chi connectivity index (χ3v) is 5.91. The molecule has 0 radical (unpaired) electrons. The van der Waals surface area contributed by atoms with Gasteiger partial charge in [-0.3, -0.25) is 4.90 Å². The summed E-state index contributed by atoms with van der Waals surface area (Å²) >= 11 is 3.69. The van der Waals surface area contributed by atoms with Crippen molar-refractivity contribution < 1.29 is 9.47 Å². The molecular formula is C21H27BrN4O2. The lowest BCUT2D eigenvalue weighted by Crippen LogP contribution is -2.46. The molecule has 0 aliphatic carbocycles. The molecule has 0 amide bonds. The van der Waals surface area contributed by atoms with Gasteiger partial charge in [-0.25, -0.2) is 9.97 Å². The average molecular weight is 447 g/mol. The summed E-state index contributed by atoms with van der Waals surface area (Å²) in [6.07, 6.45) is 0. The topological polar surface area (TPSA) is 50.7 Å². The molecule has 4 rings (SSSR count). The standard InChI is InChI=1S/C21H27BrN4O2/c1-14(2)21-23-15(3)10-20(24-21)26-6-4-25(5-7-26)13-16-11-18-19(12-17(16)22)28-9-8-27-18/h10-12,14H,4-9,13H2,1-3H3. The number of benzene rings is 1. The Kier molecular flexibility index (Phi) is 5.73. The second kappa shape index (κ2) is 8.25. The van der Waals surface area contributed by atoms with Gasteiger partial charge in [-0.05, 0) is 24.6 Å². The maximum Gasteiger partial charge on any atom is 0.162 e. The van der Waals surface area contributed by atoms with Gasteiger partial charge in [0, 0.05) is 54.9 Å². The summed E-state index contributed by atoms with van der Waals surface area (Å²) < 4.78 is 12.5. The molecule has 28 heavy (non-hydrogen) atoms. The van der Waals surface area contributed by atoms with Crippen LogP contribution in [0.5, 0.6) is 11.5 Å². The number of aryl methyl sites for hydroxylation is 1. The third kappa shape index (κ3) is 4.25. The highest BCUT2D eigenvalue weighted by molar-refractivity contribution is 9.10. The lowest BCUT2D eigenvalue weighted by Gasteiger charge is -2.36. The maximum atomic E-state index is 5.74. The van der Waals surface area contributed by atoms with E-state index in [0.29, 0.717) is 19.1 Å². The fourth-order valence-corrected chi connectivity index (χ4v) is 4.05. The largest absolute Gasteiger partial charge is 0.486 e. The van der Waals surface area contributed by atoms with E-state index >= 15 is 0 Å². The number of ether oxygens (including phenoxy) is 2. The van der Waals surface area contributed by atoms with Crippen LogP contribution in [-0.2, 0) is 6.54 Å². The minimum Gasteiger partial charge on any atom is -0.486 e. The van der Waals surface area contributed by atoms with Crippen LogP contribution in [0.25, 0.3) is 0 Å². The number of fused-ring (bicyclic) bond motifs is 1. The van der Waals surface area contributed by atoms with Crippen LogP contribution >= 0.6 is 15.9 Å². The van der Waals surface area contributed by atoms with Crippen LogP contribution in [0.4, 0.5) is 5.82 Å². The first-order chi connectivity index (χ1) is 13.5. The van der Waals surface area contributed by atoms with Gasteiger partial charge in [0.1, 0.15) is 24.9 Å². The summed E-state index contributed by atoms with van der Waals surface area (Å²) in [4.78, 5) is 14.2. The molecule has 3 heterocycles. The number of aromatic nitrogens is 2. The van der Waals surface area contributed by atoms with Gasteiger partial charge in [0.15, 0.2) is 11.5 Å². The molecule has 0 spiro atoms. The van der Waals surface area contributed by atoms with E-state index in [4.69, 9.17) is 14.5 Å². The van der Waals surface area contributed by atoms with E-state index < -0.39 is 0 Å². The van der Waals surface area contributed by atoms with Gasteiger partial charge in [-0.2, -0.15) is 0 Å². The molecule has 150 valence electrons. The molecule has 1 saturated heterocycles. The van der Waals surface area contributed by atoms with Crippen molar-refractivity contribution in [2.45, 2.75) is 33.2 Å². The maximum absolute atomic E-state index is 5.74. The summed E-state index contributed by atoms with van der Waals surface area (Å²) in [6, 6.07) is 6.23. The van der Waals surface area contributed by atoms with Crippen molar-refractivity contribution in [3.63, 3.8) is 0 Å². The van der Waals surface area contributed by atoms with Gasteiger partial charge < -0.3 is 14.4 Å². The van der Waals surface area contributed by atoms with Crippen molar-refractivity contribution in [3.8, 4) is 11.5 Å². The third-order valence-electron chi connectivity index (χ3n) is 5.18. The normalized spacial score (nSPS) is 17.2. The molecule has 0 unspecified atom stereocenters. The Balaban J connectivity index is 1.41. The first-order valence-electron chi connectivity index (χ1n) is 9.90. The van der Waals surface area contributed by atoms with Crippen LogP contribution in [0.1, 0.15) is 36.8 Å². The van der Waals surface area contributed by atoms with E-state index in [1.165, 1.54) is 5.56 Å². The van der Waals surface area contributed by atoms with Crippen molar-refractivity contribution >= 4 is 21.7 Å². The molecule has 1 aromatic carbocycles. The number of halogens is 1. The number of hydrogen-bond donors (Lipinski definition) is 0. The average Bonchev–Trinajstić information content (AvgIpc) is 2.68. The summed E-state index contributed by atoms with van der Waals surface area (Å²) in [6.45, 7) is 12.4. The van der Waals surface area contributed by atoms with Crippen molar-refractivity contribution in [2.75, 3.05) is 44.3 Å². The predicted molar refractivity (Wildman–Crippen MR) is 113 cm³/mol. The SMILES string of the molecule is Cc1cc(N2CCN(Cc3cc4c(cc3Br)OCCO4)CC2)nc(C(C)C)n1. The number of nitrogens with zero attached hydrogens (tertiary/aromatic N) is 4. The Labute approximate surface area is 175 Å². The molecule has 6 nitrogen and oxygen atoms in total. The Bertz CT molecular complexity index is 851. The van der Waals surface area contributed by atoms with Gasteiger partial charge in [0.2, 0.25) is 0 Å². The molecule has 0 atom stereocenters. The molecule has 1 fully saturated rings. The predicted octanol–water partition coefficient (Wildman–Crippen LogP) is 3.76. The highest BCUT2D eigenvalue weighted by Crippen LogP contribution is 2.36. The van der Waals surface area contributed by atoms with Crippen molar-refractivity contribution in [1.82, 2.24) is 14.9 Å². The Morgan fingerprint density at radius 2 is 1.68 bits per heavy atom. The molecule has 0 N–H and O–H groups in total. The zero-order valence-corrected chi connectivity index (χ0v) is 18.3. The van der Waals surface area contributed by atoms with E-state index in [0.717, 1.165) is 66.0 Å². The lowest BCUT2D eigenvalue weighted by molar-refractivity contribution is 0.170. The number of rotatable bonds is 4. The molecule has 0 bridgehead atoms. The van der Waals surface area contributed by atoms with Crippen molar-refractivity contribution in [1.29, 1.82) is 0 Å². The molecule has 2 aliphatic rings. The zero-order valence-electron chi connectivity index (χ0n) is 16.7. The van der Waals surface area contributed by atoms with Gasteiger partial charge in [0.05, 0.1) is 0 Å². The highest BCUT2D eigenvalue weighted by Gasteiger charge is 2.22. The monoisotopic (exact) mass is 446 g/mol. The first kappa shape index (κ1) is 19.5. The molecule has 1 aromatic heterocycles. The number of hydrogen-bond acceptors (Lipinski definition) is 6. The van der Waals surface area contributed by atoms with Crippen LogP contribution in [0, 0.1) is 6.92 Å². The second-order valence-electron chi connectivity index (χ2n) is 7.73. The van der Waals surface area contributed by atoms with Crippen LogP contribution < -0.4 is 14.4 Å². The summed E-state index contributed by atoms with van der Waals surface area (Å²) in [5.41, 5.74) is 2.27. The van der Waals surface area contributed by atoms with Gasteiger partial charge in [-0.1, -0.05) is 29.8 Å². The zero-order chi connectivity index (χ0) is 19.7. The fourth-order valence-electron chi connectivity index (χ4n) is 3.60. The Morgan fingerprint density at radius 1 is 1.00 bits per heavy atom. The first-order valence-corrected chi connectivity index (χ1v) is 10.7. The quantitative estimate of drug-likeness (QED) is 0.712. The number of anilines is 1. The second-order valence-corrected chi connectivity index (χ2v) is 8.59. The van der Waals surface area contributed by atoms with Crippen LogP contribution in [0.3, 0.4) is 0 Å². The van der Waals surface area contributed by atoms with E-state index in [1.54, 1.807) is 0 Å². The summed E-state index contributed by atoms with van der Waals surface area (Å²) in [5.74, 6) is 3.99. The van der Waals surface area contributed by atoms with Crippen LogP contribution in [-0.4, -0.2) is 54.3 Å². The summed E-state index contributed by atoms with van der Waals surface area (Å²) in [5, 5.41) is 0. The molecule has 2 aromatic rings. The number of piperazine rings is 1. The molecular weight excluding hydrogens is 420 g/mol. The molecule has 2 aliphatic heterocycles. The van der Waals surface area contributed by atoms with E-state index in [9.17, 15) is 0 Å². The lowest BCUT2D eigenvalue weighted by atomic mass is 10.1. The minimum atomic E-state index is 0.340. The van der Waals surface area contributed by atoms with Crippen molar-refractivity contribution in [3.05, 3.63) is 39.8 Å². The fraction of sp³-hybridized carbons (Fsp3) is 0.524. The van der Waals surface area contributed by atoms with Crippen LogP contribution in [0.15, 0.2) is 22.7 Å². The minimum absolute atomic E-state index is 0.340. The van der Waals surface area contributed by atoms with Gasteiger partial charge in [-0.15, -0.1) is 0 Å². The van der Waals surface area contributed by atoms with Crippen LogP contribution in [0.2, 0.25) is 0 Å².